The maximum Gasteiger partial charge on any atom is 0.377 e. The number of carbonyl (C=O) groups excluding carboxylic acids is 1. The molecule has 0 atom stereocenters. The van der Waals surface area contributed by atoms with E-state index in [0.29, 0.717) is 17.5 Å². The Hall–Kier alpha value is -1.36. The van der Waals surface area contributed by atoms with Crippen molar-refractivity contribution >= 4 is 32.8 Å². The summed E-state index contributed by atoms with van der Waals surface area (Å²) in [6, 6.07) is 5.38. The second-order valence-electron chi connectivity index (χ2n) is 2.89. The van der Waals surface area contributed by atoms with Gasteiger partial charge in [-0.1, -0.05) is 21.1 Å². The monoisotopic (exact) mass is 269 g/mol. The standard InChI is InChI=1S/C10H8BrNO3/c1-2-14-10(13)9-7-5-6(11)3-4-8(7)12-15-9/h3-5H,2H2,1H3. The van der Waals surface area contributed by atoms with Gasteiger partial charge < -0.3 is 9.26 Å². The highest BCUT2D eigenvalue weighted by Gasteiger charge is 2.17. The summed E-state index contributed by atoms with van der Waals surface area (Å²) in [5.74, 6) is -0.341. The lowest BCUT2D eigenvalue weighted by Gasteiger charge is -1.96. The van der Waals surface area contributed by atoms with Crippen molar-refractivity contribution in [3.05, 3.63) is 28.4 Å². The fraction of sp³-hybridized carbons (Fsp3) is 0.200. The van der Waals surface area contributed by atoms with Crippen LogP contribution in [0.4, 0.5) is 0 Å². The average Bonchev–Trinajstić information content (AvgIpc) is 2.60. The number of nitrogens with zero attached hydrogens (tertiary/aromatic N) is 1. The summed E-state index contributed by atoms with van der Waals surface area (Å²) in [4.78, 5) is 11.5. The summed E-state index contributed by atoms with van der Waals surface area (Å²) in [6.45, 7) is 2.06. The van der Waals surface area contributed by atoms with Gasteiger partial charge in [-0.15, -0.1) is 0 Å². The van der Waals surface area contributed by atoms with Gasteiger partial charge in [-0.3, -0.25) is 0 Å². The molecule has 5 heteroatoms. The molecule has 0 N–H and O–H groups in total. The van der Waals surface area contributed by atoms with Crippen LogP contribution in [0.2, 0.25) is 0 Å². The van der Waals surface area contributed by atoms with Gasteiger partial charge in [0.2, 0.25) is 0 Å². The Kier molecular flexibility index (Phi) is 2.73. The van der Waals surface area contributed by atoms with Crippen LogP contribution in [0.15, 0.2) is 27.2 Å². The third-order valence-corrected chi connectivity index (χ3v) is 2.39. The first-order chi connectivity index (χ1) is 7.22. The van der Waals surface area contributed by atoms with E-state index in [1.54, 1.807) is 19.1 Å². The molecule has 15 heavy (non-hydrogen) atoms. The normalized spacial score (nSPS) is 10.5. The molecular formula is C10H8BrNO3. The zero-order chi connectivity index (χ0) is 10.8. The molecule has 78 valence electrons. The Morgan fingerprint density at radius 1 is 1.60 bits per heavy atom. The molecule has 0 fully saturated rings. The van der Waals surface area contributed by atoms with E-state index >= 15 is 0 Å². The van der Waals surface area contributed by atoms with Gasteiger partial charge in [-0.05, 0) is 25.1 Å². The van der Waals surface area contributed by atoms with Crippen LogP contribution < -0.4 is 0 Å². The first kappa shape index (κ1) is 10.2. The van der Waals surface area contributed by atoms with Crippen LogP contribution in [0.25, 0.3) is 10.9 Å². The number of aromatic nitrogens is 1. The molecule has 0 aliphatic heterocycles. The number of esters is 1. The predicted molar refractivity (Wildman–Crippen MR) is 57.7 cm³/mol. The molecule has 1 aromatic carbocycles. The van der Waals surface area contributed by atoms with E-state index in [1.165, 1.54) is 0 Å². The van der Waals surface area contributed by atoms with E-state index in [-0.39, 0.29) is 5.76 Å². The summed E-state index contributed by atoms with van der Waals surface area (Å²) in [6.07, 6.45) is 0. The second-order valence-corrected chi connectivity index (χ2v) is 3.81. The van der Waals surface area contributed by atoms with Gasteiger partial charge in [0.15, 0.2) is 0 Å². The molecular weight excluding hydrogens is 262 g/mol. The van der Waals surface area contributed by atoms with Crippen molar-refractivity contribution in [1.29, 1.82) is 0 Å². The molecule has 0 aliphatic carbocycles. The minimum atomic E-state index is -0.488. The highest BCUT2D eigenvalue weighted by atomic mass is 79.9. The number of halogens is 1. The Bertz CT molecular complexity index is 506. The van der Waals surface area contributed by atoms with E-state index < -0.39 is 5.97 Å². The number of fused-ring (bicyclic) bond motifs is 1. The first-order valence-electron chi connectivity index (χ1n) is 4.44. The fourth-order valence-electron chi connectivity index (χ4n) is 1.26. The van der Waals surface area contributed by atoms with Crippen molar-refractivity contribution in [3.8, 4) is 0 Å². The van der Waals surface area contributed by atoms with Crippen LogP contribution in [-0.2, 0) is 4.74 Å². The molecule has 4 nitrogen and oxygen atoms in total. The molecule has 0 bridgehead atoms. The predicted octanol–water partition coefficient (Wildman–Crippen LogP) is 2.77. The van der Waals surface area contributed by atoms with Gasteiger partial charge in [0.25, 0.3) is 5.76 Å². The third-order valence-electron chi connectivity index (χ3n) is 1.90. The highest BCUT2D eigenvalue weighted by Crippen LogP contribution is 2.23. The van der Waals surface area contributed by atoms with Gasteiger partial charge >= 0.3 is 5.97 Å². The second kappa shape index (κ2) is 4.02. The van der Waals surface area contributed by atoms with Crippen LogP contribution in [0.1, 0.15) is 17.5 Å². The van der Waals surface area contributed by atoms with Crippen LogP contribution >= 0.6 is 15.9 Å². The number of hydrogen-bond acceptors (Lipinski definition) is 4. The lowest BCUT2D eigenvalue weighted by atomic mass is 10.2. The number of hydrogen-bond donors (Lipinski definition) is 0. The molecule has 0 aliphatic rings. The Morgan fingerprint density at radius 2 is 2.40 bits per heavy atom. The van der Waals surface area contributed by atoms with Gasteiger partial charge in [0.05, 0.1) is 12.0 Å². The maximum absolute atomic E-state index is 11.5. The molecule has 0 saturated carbocycles. The third kappa shape index (κ3) is 1.87. The lowest BCUT2D eigenvalue weighted by molar-refractivity contribution is 0.0483. The first-order valence-corrected chi connectivity index (χ1v) is 5.23. The summed E-state index contributed by atoms with van der Waals surface area (Å²) in [7, 11) is 0. The van der Waals surface area contributed by atoms with Crippen molar-refractivity contribution in [2.75, 3.05) is 6.61 Å². The zero-order valence-electron chi connectivity index (χ0n) is 7.99. The molecule has 0 spiro atoms. The van der Waals surface area contributed by atoms with Gasteiger partial charge in [0.1, 0.15) is 5.52 Å². The quantitative estimate of drug-likeness (QED) is 0.787. The lowest BCUT2D eigenvalue weighted by Crippen LogP contribution is -2.03. The molecule has 0 unspecified atom stereocenters. The van der Waals surface area contributed by atoms with E-state index in [1.807, 2.05) is 6.07 Å². The van der Waals surface area contributed by atoms with Crippen LogP contribution in [0, 0.1) is 0 Å². The number of ether oxygens (including phenoxy) is 1. The number of benzene rings is 1. The van der Waals surface area contributed by atoms with Crippen molar-refractivity contribution in [2.45, 2.75) is 6.92 Å². The smallest absolute Gasteiger partial charge is 0.377 e. The molecule has 1 heterocycles. The fourth-order valence-corrected chi connectivity index (χ4v) is 1.62. The highest BCUT2D eigenvalue weighted by molar-refractivity contribution is 9.10. The summed E-state index contributed by atoms with van der Waals surface area (Å²) in [5.41, 5.74) is 0.640. The summed E-state index contributed by atoms with van der Waals surface area (Å²) < 4.78 is 10.6. The zero-order valence-corrected chi connectivity index (χ0v) is 9.58. The van der Waals surface area contributed by atoms with Crippen LogP contribution in [-0.4, -0.2) is 17.7 Å². The minimum absolute atomic E-state index is 0.146. The van der Waals surface area contributed by atoms with E-state index in [2.05, 4.69) is 21.1 Å². The topological polar surface area (TPSA) is 52.3 Å². The van der Waals surface area contributed by atoms with Gasteiger partial charge in [-0.2, -0.15) is 0 Å². The molecule has 0 amide bonds. The maximum atomic E-state index is 11.5. The average molecular weight is 270 g/mol. The van der Waals surface area contributed by atoms with Crippen molar-refractivity contribution in [3.63, 3.8) is 0 Å². The molecule has 0 saturated heterocycles. The van der Waals surface area contributed by atoms with Crippen molar-refractivity contribution in [1.82, 2.24) is 5.16 Å². The molecule has 2 rings (SSSR count). The molecule has 2 aromatic rings. The minimum Gasteiger partial charge on any atom is -0.460 e. The molecule has 1 aromatic heterocycles. The van der Waals surface area contributed by atoms with Crippen molar-refractivity contribution < 1.29 is 14.1 Å². The van der Waals surface area contributed by atoms with E-state index in [0.717, 1.165) is 4.47 Å². The summed E-state index contributed by atoms with van der Waals surface area (Å²) >= 11 is 3.32. The summed E-state index contributed by atoms with van der Waals surface area (Å²) in [5, 5.41) is 4.42. The SMILES string of the molecule is CCOC(=O)c1onc2ccc(Br)cc12. The van der Waals surface area contributed by atoms with E-state index in [4.69, 9.17) is 9.26 Å². The Morgan fingerprint density at radius 3 is 3.13 bits per heavy atom. The number of carbonyl (C=O) groups is 1. The van der Waals surface area contributed by atoms with E-state index in [9.17, 15) is 4.79 Å². The molecule has 0 radical (unpaired) electrons. The van der Waals surface area contributed by atoms with Crippen LogP contribution in [0.5, 0.6) is 0 Å². The largest absolute Gasteiger partial charge is 0.460 e. The van der Waals surface area contributed by atoms with Gasteiger partial charge in [-0.25, -0.2) is 4.79 Å². The number of rotatable bonds is 2. The van der Waals surface area contributed by atoms with Crippen molar-refractivity contribution in [2.24, 2.45) is 0 Å². The van der Waals surface area contributed by atoms with Crippen LogP contribution in [0.3, 0.4) is 0 Å². The van der Waals surface area contributed by atoms with Gasteiger partial charge in [0, 0.05) is 4.47 Å². The Labute approximate surface area is 94.3 Å². The Balaban J connectivity index is 2.52.